The molecule has 110 valence electrons. The number of carbonyl (C=O) groups is 3. The van der Waals surface area contributed by atoms with Crippen LogP contribution in [0.25, 0.3) is 0 Å². The Morgan fingerprint density at radius 2 is 1.76 bits per heavy atom. The van der Waals surface area contributed by atoms with Gasteiger partial charge in [0.15, 0.2) is 0 Å². The van der Waals surface area contributed by atoms with E-state index in [1.165, 1.54) is 12.0 Å². The Morgan fingerprint density at radius 1 is 1.14 bits per heavy atom. The van der Waals surface area contributed by atoms with Crippen molar-refractivity contribution in [3.8, 4) is 0 Å². The van der Waals surface area contributed by atoms with Gasteiger partial charge in [-0.3, -0.25) is 19.3 Å². The summed E-state index contributed by atoms with van der Waals surface area (Å²) in [4.78, 5) is 36.3. The van der Waals surface area contributed by atoms with Crippen LogP contribution in [0.5, 0.6) is 0 Å². The van der Waals surface area contributed by atoms with Crippen molar-refractivity contribution in [3.05, 3.63) is 47.5 Å². The molecule has 1 aliphatic rings. The van der Waals surface area contributed by atoms with E-state index in [1.807, 2.05) is 6.08 Å². The molecule has 0 aromatic heterocycles. The van der Waals surface area contributed by atoms with E-state index in [0.717, 1.165) is 0 Å². The van der Waals surface area contributed by atoms with Crippen LogP contribution in [0.4, 0.5) is 0 Å². The first-order valence-electron chi connectivity index (χ1n) is 6.82. The van der Waals surface area contributed by atoms with Crippen molar-refractivity contribution >= 4 is 17.8 Å². The van der Waals surface area contributed by atoms with Crippen LogP contribution < -0.4 is 0 Å². The van der Waals surface area contributed by atoms with Gasteiger partial charge in [-0.2, -0.15) is 0 Å². The van der Waals surface area contributed by atoms with Crippen LogP contribution in [0.3, 0.4) is 0 Å². The third-order valence-corrected chi connectivity index (χ3v) is 3.31. The summed E-state index contributed by atoms with van der Waals surface area (Å²) in [6.07, 6.45) is 5.41. The van der Waals surface area contributed by atoms with Gasteiger partial charge in [0.25, 0.3) is 11.8 Å². The lowest BCUT2D eigenvalue weighted by atomic mass is 10.1. The van der Waals surface area contributed by atoms with Crippen LogP contribution in [0.15, 0.2) is 36.4 Å². The lowest BCUT2D eigenvalue weighted by Crippen LogP contribution is -2.29. The molecule has 0 atom stereocenters. The van der Waals surface area contributed by atoms with E-state index in [1.54, 1.807) is 30.3 Å². The van der Waals surface area contributed by atoms with Crippen LogP contribution >= 0.6 is 0 Å². The highest BCUT2D eigenvalue weighted by molar-refractivity contribution is 6.21. The van der Waals surface area contributed by atoms with Gasteiger partial charge in [-0.1, -0.05) is 24.3 Å². The molecule has 2 amide bonds. The average Bonchev–Trinajstić information content (AvgIpc) is 2.75. The zero-order valence-corrected chi connectivity index (χ0v) is 11.9. The number of fused-ring (bicyclic) bond motifs is 1. The Bertz CT molecular complexity index is 557. The molecule has 0 fully saturated rings. The highest BCUT2D eigenvalue weighted by atomic mass is 16.5. The molecule has 2 rings (SSSR count). The van der Waals surface area contributed by atoms with Crippen molar-refractivity contribution in [2.75, 3.05) is 13.7 Å². The third kappa shape index (κ3) is 3.37. The van der Waals surface area contributed by atoms with E-state index in [4.69, 9.17) is 0 Å². The Hall–Kier alpha value is -2.43. The first kappa shape index (κ1) is 15.0. The van der Waals surface area contributed by atoms with Crippen molar-refractivity contribution in [2.24, 2.45) is 0 Å². The summed E-state index contributed by atoms with van der Waals surface area (Å²) in [6.45, 7) is 0.255. The SMILES string of the molecule is COC(=O)CCC/C=C\CN1C(=O)c2ccccc2C1=O. The number of imide groups is 1. The van der Waals surface area contributed by atoms with E-state index >= 15 is 0 Å². The standard InChI is InChI=1S/C16H17NO4/c1-21-14(18)10-4-2-3-7-11-17-15(19)12-8-5-6-9-13(12)16(17)20/h3,5-9H,2,4,10-11H2,1H3/b7-3-. The number of allylic oxidation sites excluding steroid dienone is 1. The maximum atomic E-state index is 12.1. The lowest BCUT2D eigenvalue weighted by molar-refractivity contribution is -0.140. The Morgan fingerprint density at radius 3 is 2.33 bits per heavy atom. The number of unbranched alkanes of at least 4 members (excludes halogenated alkanes) is 1. The number of methoxy groups -OCH3 is 1. The van der Waals surface area contributed by atoms with Crippen molar-refractivity contribution < 1.29 is 19.1 Å². The molecule has 0 saturated heterocycles. The van der Waals surface area contributed by atoms with Gasteiger partial charge in [0.2, 0.25) is 0 Å². The topological polar surface area (TPSA) is 63.7 Å². The van der Waals surface area contributed by atoms with Gasteiger partial charge in [-0.25, -0.2) is 0 Å². The molecule has 0 unspecified atom stereocenters. The number of hydrogen-bond acceptors (Lipinski definition) is 4. The minimum Gasteiger partial charge on any atom is -0.469 e. The fourth-order valence-corrected chi connectivity index (χ4v) is 2.17. The summed E-state index contributed by atoms with van der Waals surface area (Å²) in [5.74, 6) is -0.742. The molecule has 0 spiro atoms. The van der Waals surface area contributed by atoms with Crippen LogP contribution in [0, 0.1) is 0 Å². The quantitative estimate of drug-likeness (QED) is 0.348. The zero-order valence-electron chi connectivity index (χ0n) is 11.9. The molecule has 0 radical (unpaired) electrons. The largest absolute Gasteiger partial charge is 0.469 e. The second kappa shape index (κ2) is 6.83. The van der Waals surface area contributed by atoms with E-state index in [9.17, 15) is 14.4 Å². The summed E-state index contributed by atoms with van der Waals surface area (Å²) in [5.41, 5.74) is 0.920. The summed E-state index contributed by atoms with van der Waals surface area (Å²) in [5, 5.41) is 0. The maximum absolute atomic E-state index is 12.1. The van der Waals surface area contributed by atoms with E-state index in [0.29, 0.717) is 30.4 Å². The lowest BCUT2D eigenvalue weighted by Gasteiger charge is -2.10. The molecule has 1 aromatic rings. The van der Waals surface area contributed by atoms with Crippen LogP contribution in [-0.4, -0.2) is 36.3 Å². The molecule has 1 aliphatic heterocycles. The van der Waals surface area contributed by atoms with E-state index in [2.05, 4.69) is 4.74 Å². The van der Waals surface area contributed by atoms with Crippen molar-refractivity contribution in [3.63, 3.8) is 0 Å². The monoisotopic (exact) mass is 287 g/mol. The van der Waals surface area contributed by atoms with Crippen molar-refractivity contribution in [2.45, 2.75) is 19.3 Å². The number of rotatable bonds is 6. The predicted molar refractivity (Wildman–Crippen MR) is 76.8 cm³/mol. The highest BCUT2D eigenvalue weighted by Gasteiger charge is 2.33. The number of hydrogen-bond donors (Lipinski definition) is 0. The van der Waals surface area contributed by atoms with Gasteiger partial charge in [0.05, 0.1) is 18.2 Å². The molecule has 0 saturated carbocycles. The van der Waals surface area contributed by atoms with Gasteiger partial charge in [0, 0.05) is 13.0 Å². The summed E-state index contributed by atoms with van der Waals surface area (Å²) >= 11 is 0. The normalized spacial score (nSPS) is 13.9. The Labute approximate surface area is 123 Å². The summed E-state index contributed by atoms with van der Waals surface area (Å²) in [7, 11) is 1.36. The number of esters is 1. The molecular formula is C16H17NO4. The second-order valence-electron chi connectivity index (χ2n) is 4.71. The van der Waals surface area contributed by atoms with Gasteiger partial charge in [-0.05, 0) is 25.0 Å². The number of benzene rings is 1. The van der Waals surface area contributed by atoms with Crippen LogP contribution in [0.1, 0.15) is 40.0 Å². The first-order chi connectivity index (χ1) is 10.1. The molecule has 0 aliphatic carbocycles. The van der Waals surface area contributed by atoms with Gasteiger partial charge < -0.3 is 4.74 Å². The second-order valence-corrected chi connectivity index (χ2v) is 4.71. The number of amides is 2. The molecule has 21 heavy (non-hydrogen) atoms. The van der Waals surface area contributed by atoms with E-state index in [-0.39, 0.29) is 24.3 Å². The summed E-state index contributed by atoms with van der Waals surface area (Å²) in [6, 6.07) is 6.82. The Kier molecular flexibility index (Phi) is 4.87. The van der Waals surface area contributed by atoms with Gasteiger partial charge in [-0.15, -0.1) is 0 Å². The minimum atomic E-state index is -0.255. The highest BCUT2D eigenvalue weighted by Crippen LogP contribution is 2.22. The maximum Gasteiger partial charge on any atom is 0.305 e. The molecule has 0 bridgehead atoms. The minimum absolute atomic E-state index is 0.233. The first-order valence-corrected chi connectivity index (χ1v) is 6.82. The molecule has 5 nitrogen and oxygen atoms in total. The molecule has 0 N–H and O–H groups in total. The number of nitrogens with zero attached hydrogens (tertiary/aromatic N) is 1. The molecule has 1 aromatic carbocycles. The molecule has 1 heterocycles. The number of ether oxygens (including phenoxy) is 1. The fraction of sp³-hybridized carbons (Fsp3) is 0.312. The van der Waals surface area contributed by atoms with Gasteiger partial charge in [0.1, 0.15) is 0 Å². The van der Waals surface area contributed by atoms with Crippen molar-refractivity contribution in [1.82, 2.24) is 4.90 Å². The van der Waals surface area contributed by atoms with Gasteiger partial charge >= 0.3 is 5.97 Å². The molecule has 5 heteroatoms. The van der Waals surface area contributed by atoms with Crippen LogP contribution in [-0.2, 0) is 9.53 Å². The summed E-state index contributed by atoms with van der Waals surface area (Å²) < 4.78 is 4.54. The molecular weight excluding hydrogens is 270 g/mol. The van der Waals surface area contributed by atoms with Crippen molar-refractivity contribution in [1.29, 1.82) is 0 Å². The van der Waals surface area contributed by atoms with Crippen LogP contribution in [0.2, 0.25) is 0 Å². The Balaban J connectivity index is 1.84. The smallest absolute Gasteiger partial charge is 0.305 e. The average molecular weight is 287 g/mol. The predicted octanol–water partition coefficient (Wildman–Crippen LogP) is 2.18. The zero-order chi connectivity index (χ0) is 15.2. The fourth-order valence-electron chi connectivity index (χ4n) is 2.17. The van der Waals surface area contributed by atoms with E-state index < -0.39 is 0 Å². The third-order valence-electron chi connectivity index (χ3n) is 3.31. The number of carbonyl (C=O) groups excluding carboxylic acids is 3.